The van der Waals surface area contributed by atoms with E-state index in [2.05, 4.69) is 4.74 Å². The number of carbonyl (C=O) groups excluding carboxylic acids is 2. The summed E-state index contributed by atoms with van der Waals surface area (Å²) in [5, 5.41) is 9.87. The minimum Gasteiger partial charge on any atom is -0.469 e. The highest BCUT2D eigenvalue weighted by Crippen LogP contribution is 2.37. The Labute approximate surface area is 105 Å². The van der Waals surface area contributed by atoms with Crippen LogP contribution >= 0.6 is 0 Å². The van der Waals surface area contributed by atoms with Crippen molar-refractivity contribution in [2.75, 3.05) is 14.2 Å². The molecule has 1 heterocycles. The van der Waals surface area contributed by atoms with Crippen molar-refractivity contribution < 1.29 is 19.4 Å². The number of amides is 1. The van der Waals surface area contributed by atoms with Crippen LogP contribution in [0, 0.1) is 5.92 Å². The number of rotatable bonds is 2. The monoisotopic (exact) mass is 249 g/mol. The Morgan fingerprint density at radius 3 is 2.50 bits per heavy atom. The van der Waals surface area contributed by atoms with Gasteiger partial charge in [0.1, 0.15) is 12.0 Å². The van der Waals surface area contributed by atoms with Gasteiger partial charge in [-0.3, -0.25) is 9.59 Å². The molecule has 18 heavy (non-hydrogen) atoms. The van der Waals surface area contributed by atoms with E-state index < -0.39 is 29.9 Å². The third-order valence-corrected chi connectivity index (χ3v) is 3.31. The molecule has 1 fully saturated rings. The third kappa shape index (κ3) is 1.86. The highest BCUT2D eigenvalue weighted by Gasteiger charge is 2.50. The van der Waals surface area contributed by atoms with Crippen LogP contribution in [0.3, 0.4) is 0 Å². The first-order valence-electron chi connectivity index (χ1n) is 5.65. The molecule has 0 aromatic heterocycles. The predicted octanol–water partition coefficient (Wildman–Crippen LogP) is 0.350. The molecule has 1 N–H and O–H groups in total. The van der Waals surface area contributed by atoms with Crippen molar-refractivity contribution in [3.8, 4) is 0 Å². The van der Waals surface area contributed by atoms with Gasteiger partial charge in [0.05, 0.1) is 13.2 Å². The molecule has 0 saturated carbocycles. The first-order chi connectivity index (χ1) is 8.57. The van der Waals surface area contributed by atoms with E-state index in [-0.39, 0.29) is 0 Å². The first-order valence-corrected chi connectivity index (χ1v) is 5.65. The number of benzene rings is 1. The molecule has 0 radical (unpaired) electrons. The summed E-state index contributed by atoms with van der Waals surface area (Å²) in [4.78, 5) is 24.9. The summed E-state index contributed by atoms with van der Waals surface area (Å²) in [5.74, 6) is -1.91. The second-order valence-corrected chi connectivity index (χ2v) is 4.30. The van der Waals surface area contributed by atoms with E-state index >= 15 is 0 Å². The SMILES string of the molecule is COC(=O)[C@@H]1C(O)C(=O)N(C)[C@H]1c1ccccc1. The standard InChI is InChI=1S/C13H15NO4/c1-14-10(8-6-4-3-5-7-8)9(13(17)18-2)11(15)12(14)16/h3-7,9-11,15H,1-2H3/t9-,10-,11?/m0/s1. The van der Waals surface area contributed by atoms with E-state index in [0.717, 1.165) is 5.56 Å². The minimum absolute atomic E-state index is 0.459. The van der Waals surface area contributed by atoms with E-state index in [0.29, 0.717) is 0 Å². The van der Waals surface area contributed by atoms with Gasteiger partial charge in [0.15, 0.2) is 0 Å². The number of carbonyl (C=O) groups is 2. The lowest BCUT2D eigenvalue weighted by atomic mass is 9.92. The minimum atomic E-state index is -1.34. The number of ether oxygens (including phenoxy) is 1. The molecule has 1 unspecified atom stereocenters. The number of hydrogen-bond acceptors (Lipinski definition) is 4. The molecule has 0 aliphatic carbocycles. The van der Waals surface area contributed by atoms with Crippen molar-refractivity contribution in [3.63, 3.8) is 0 Å². The molecule has 0 bridgehead atoms. The van der Waals surface area contributed by atoms with Crippen molar-refractivity contribution >= 4 is 11.9 Å². The Balaban J connectivity index is 2.42. The second-order valence-electron chi connectivity index (χ2n) is 4.30. The number of likely N-dealkylation sites (N-methyl/N-ethyl adjacent to an activating group) is 1. The maximum atomic E-state index is 11.8. The summed E-state index contributed by atoms with van der Waals surface area (Å²) < 4.78 is 4.68. The number of hydrogen-bond donors (Lipinski definition) is 1. The quantitative estimate of drug-likeness (QED) is 0.768. The van der Waals surface area contributed by atoms with E-state index in [4.69, 9.17) is 0 Å². The molecule has 0 spiro atoms. The maximum absolute atomic E-state index is 11.8. The highest BCUT2D eigenvalue weighted by atomic mass is 16.5. The molecular formula is C13H15NO4. The average Bonchev–Trinajstić information content (AvgIpc) is 2.63. The third-order valence-electron chi connectivity index (χ3n) is 3.31. The van der Waals surface area contributed by atoms with Crippen LogP contribution in [0.5, 0.6) is 0 Å². The number of likely N-dealkylation sites (tertiary alicyclic amines) is 1. The zero-order chi connectivity index (χ0) is 13.3. The Morgan fingerprint density at radius 2 is 1.94 bits per heavy atom. The highest BCUT2D eigenvalue weighted by molar-refractivity contribution is 5.91. The van der Waals surface area contributed by atoms with E-state index in [1.54, 1.807) is 7.05 Å². The summed E-state index contributed by atoms with van der Waals surface area (Å²) in [5.41, 5.74) is 0.806. The van der Waals surface area contributed by atoms with Gasteiger partial charge in [-0.2, -0.15) is 0 Å². The van der Waals surface area contributed by atoms with Crippen molar-refractivity contribution in [1.82, 2.24) is 4.90 Å². The molecule has 1 aliphatic heterocycles. The van der Waals surface area contributed by atoms with Crippen LogP contribution in [0.25, 0.3) is 0 Å². The van der Waals surface area contributed by atoms with Gasteiger partial charge < -0.3 is 14.7 Å². The molecule has 1 amide bonds. The summed E-state index contributed by atoms with van der Waals surface area (Å²) >= 11 is 0. The van der Waals surface area contributed by atoms with Gasteiger partial charge in [-0.1, -0.05) is 30.3 Å². The lowest BCUT2D eigenvalue weighted by molar-refractivity contribution is -0.150. The second kappa shape index (κ2) is 4.78. The average molecular weight is 249 g/mol. The van der Waals surface area contributed by atoms with Gasteiger partial charge in [0, 0.05) is 7.05 Å². The van der Waals surface area contributed by atoms with Crippen LogP contribution < -0.4 is 0 Å². The van der Waals surface area contributed by atoms with Gasteiger partial charge in [0.2, 0.25) is 0 Å². The van der Waals surface area contributed by atoms with Gasteiger partial charge in [-0.25, -0.2) is 0 Å². The lowest BCUT2D eigenvalue weighted by Crippen LogP contribution is -2.30. The maximum Gasteiger partial charge on any atom is 0.314 e. The molecule has 5 nitrogen and oxygen atoms in total. The van der Waals surface area contributed by atoms with Gasteiger partial charge >= 0.3 is 5.97 Å². The summed E-state index contributed by atoms with van der Waals surface area (Å²) in [6, 6.07) is 8.66. The molecule has 5 heteroatoms. The zero-order valence-electron chi connectivity index (χ0n) is 10.2. The Bertz CT molecular complexity index is 459. The van der Waals surface area contributed by atoms with Crippen LogP contribution in [-0.2, 0) is 14.3 Å². The van der Waals surface area contributed by atoms with Crippen molar-refractivity contribution in [1.29, 1.82) is 0 Å². The van der Waals surface area contributed by atoms with Crippen molar-refractivity contribution in [2.45, 2.75) is 12.1 Å². The van der Waals surface area contributed by atoms with Gasteiger partial charge in [0.25, 0.3) is 5.91 Å². The molecular weight excluding hydrogens is 234 g/mol. The fourth-order valence-corrected chi connectivity index (χ4v) is 2.39. The fraction of sp³-hybridized carbons (Fsp3) is 0.385. The molecule has 3 atom stereocenters. The number of nitrogens with zero attached hydrogens (tertiary/aromatic N) is 1. The van der Waals surface area contributed by atoms with E-state index in [1.807, 2.05) is 30.3 Å². The molecule has 96 valence electrons. The molecule has 1 aliphatic rings. The number of esters is 1. The van der Waals surface area contributed by atoms with Crippen LogP contribution in [0.15, 0.2) is 30.3 Å². The fourth-order valence-electron chi connectivity index (χ4n) is 2.39. The summed E-state index contributed by atoms with van der Waals surface area (Å²) in [7, 11) is 2.83. The summed E-state index contributed by atoms with van der Waals surface area (Å²) in [6.45, 7) is 0. The molecule has 2 rings (SSSR count). The molecule has 1 saturated heterocycles. The zero-order valence-corrected chi connectivity index (χ0v) is 10.2. The largest absolute Gasteiger partial charge is 0.469 e. The van der Waals surface area contributed by atoms with Gasteiger partial charge in [-0.15, -0.1) is 0 Å². The van der Waals surface area contributed by atoms with E-state index in [9.17, 15) is 14.7 Å². The van der Waals surface area contributed by atoms with Crippen LogP contribution in [0.4, 0.5) is 0 Å². The summed E-state index contributed by atoms with van der Waals surface area (Å²) in [6.07, 6.45) is -1.34. The topological polar surface area (TPSA) is 66.8 Å². The smallest absolute Gasteiger partial charge is 0.314 e. The Morgan fingerprint density at radius 1 is 1.33 bits per heavy atom. The first kappa shape index (κ1) is 12.6. The van der Waals surface area contributed by atoms with Crippen LogP contribution in [-0.4, -0.2) is 42.1 Å². The molecule has 1 aromatic rings. The van der Waals surface area contributed by atoms with Crippen LogP contribution in [0.2, 0.25) is 0 Å². The Hall–Kier alpha value is -1.88. The van der Waals surface area contributed by atoms with Crippen molar-refractivity contribution in [2.24, 2.45) is 5.92 Å². The molecule has 1 aromatic carbocycles. The Kier molecular flexibility index (Phi) is 3.34. The predicted molar refractivity (Wildman–Crippen MR) is 63.5 cm³/mol. The normalized spacial score (nSPS) is 27.4. The van der Waals surface area contributed by atoms with E-state index in [1.165, 1.54) is 12.0 Å². The number of methoxy groups -OCH3 is 1. The van der Waals surface area contributed by atoms with Crippen LogP contribution in [0.1, 0.15) is 11.6 Å². The lowest BCUT2D eigenvalue weighted by Gasteiger charge is -2.23. The van der Waals surface area contributed by atoms with Gasteiger partial charge in [-0.05, 0) is 5.56 Å². The number of aliphatic hydroxyl groups is 1. The number of aliphatic hydroxyl groups excluding tert-OH is 1. The van der Waals surface area contributed by atoms with Crippen molar-refractivity contribution in [3.05, 3.63) is 35.9 Å².